The highest BCUT2D eigenvalue weighted by atomic mass is 16.3. The van der Waals surface area contributed by atoms with Crippen molar-refractivity contribution in [2.24, 2.45) is 0 Å². The molecule has 0 aliphatic heterocycles. The van der Waals surface area contributed by atoms with Gasteiger partial charge < -0.3 is 10.2 Å². The molecule has 2 atom stereocenters. The molecule has 178 valence electrons. The molecular weight excluding hydrogens is 428 g/mol. The lowest BCUT2D eigenvalue weighted by atomic mass is 9.63. The van der Waals surface area contributed by atoms with Gasteiger partial charge in [-0.15, -0.1) is 0 Å². The van der Waals surface area contributed by atoms with Crippen molar-refractivity contribution in [3.63, 3.8) is 0 Å². The van der Waals surface area contributed by atoms with E-state index in [0.717, 1.165) is 12.8 Å². The van der Waals surface area contributed by atoms with E-state index >= 15 is 0 Å². The highest BCUT2D eigenvalue weighted by Gasteiger charge is 2.48. The van der Waals surface area contributed by atoms with E-state index in [1.54, 1.807) is 0 Å². The van der Waals surface area contributed by atoms with Gasteiger partial charge in [-0.1, -0.05) is 88.4 Å². The van der Waals surface area contributed by atoms with Gasteiger partial charge in [0.25, 0.3) is 0 Å². The van der Waals surface area contributed by atoms with Crippen LogP contribution in [0.3, 0.4) is 0 Å². The highest BCUT2D eigenvalue weighted by molar-refractivity contribution is 5.87. The van der Waals surface area contributed by atoms with Gasteiger partial charge in [-0.3, -0.25) is 0 Å². The van der Waals surface area contributed by atoms with Crippen molar-refractivity contribution in [2.75, 3.05) is 0 Å². The molecule has 4 aromatic carbocycles. The summed E-state index contributed by atoms with van der Waals surface area (Å²) in [6, 6.07) is 29.3. The maximum atomic E-state index is 10.6. The van der Waals surface area contributed by atoms with E-state index < -0.39 is 5.41 Å². The van der Waals surface area contributed by atoms with Crippen LogP contribution in [0.1, 0.15) is 85.8 Å². The maximum absolute atomic E-state index is 10.6. The molecule has 1 aliphatic rings. The van der Waals surface area contributed by atoms with Crippen molar-refractivity contribution in [1.29, 1.82) is 0 Å². The summed E-state index contributed by atoms with van der Waals surface area (Å²) in [5.41, 5.74) is 9.20. The number of fused-ring (bicyclic) bond motifs is 3. The Balaban J connectivity index is 2.01. The summed E-state index contributed by atoms with van der Waals surface area (Å²) in [5, 5.41) is 21.1. The molecular formula is C33H34O2. The van der Waals surface area contributed by atoms with Crippen LogP contribution >= 0.6 is 0 Å². The maximum Gasteiger partial charge on any atom is 0.115 e. The Morgan fingerprint density at radius 1 is 0.571 bits per heavy atom. The minimum Gasteiger partial charge on any atom is -0.508 e. The van der Waals surface area contributed by atoms with Gasteiger partial charge in [0.15, 0.2) is 0 Å². The summed E-state index contributed by atoms with van der Waals surface area (Å²) in [6.45, 7) is 8.88. The number of hydrogen-bond acceptors (Lipinski definition) is 2. The second-order valence-electron chi connectivity index (χ2n) is 10.0. The molecule has 4 aromatic rings. The number of hydrogen-bond donors (Lipinski definition) is 2. The molecule has 0 spiro atoms. The zero-order valence-electron chi connectivity index (χ0n) is 21.0. The van der Waals surface area contributed by atoms with Crippen LogP contribution < -0.4 is 0 Å². The van der Waals surface area contributed by atoms with Crippen molar-refractivity contribution >= 4 is 0 Å². The monoisotopic (exact) mass is 462 g/mol. The molecule has 2 unspecified atom stereocenters. The first-order chi connectivity index (χ1) is 16.9. The number of rotatable bonds is 6. The van der Waals surface area contributed by atoms with Gasteiger partial charge in [0.2, 0.25) is 0 Å². The largest absolute Gasteiger partial charge is 0.508 e. The molecule has 0 saturated carbocycles. The summed E-state index contributed by atoms with van der Waals surface area (Å²) in [5.74, 6) is 1.15. The molecule has 0 radical (unpaired) electrons. The van der Waals surface area contributed by atoms with Crippen LogP contribution in [0, 0.1) is 0 Å². The van der Waals surface area contributed by atoms with Gasteiger partial charge in [-0.2, -0.15) is 0 Å². The zero-order chi connectivity index (χ0) is 24.7. The van der Waals surface area contributed by atoms with Gasteiger partial charge in [-0.25, -0.2) is 0 Å². The van der Waals surface area contributed by atoms with Crippen molar-refractivity contribution in [2.45, 2.75) is 57.8 Å². The molecule has 0 saturated heterocycles. The molecule has 1 aliphatic carbocycles. The predicted molar refractivity (Wildman–Crippen MR) is 144 cm³/mol. The minimum atomic E-state index is -0.549. The molecule has 35 heavy (non-hydrogen) atoms. The highest BCUT2D eigenvalue weighted by Crippen LogP contribution is 2.59. The fourth-order valence-electron chi connectivity index (χ4n) is 6.00. The quantitative estimate of drug-likeness (QED) is 0.266. The first kappa shape index (κ1) is 23.2. The normalized spacial score (nSPS) is 15.3. The minimum absolute atomic E-state index is 0.276. The first-order valence-electron chi connectivity index (χ1n) is 12.8. The second kappa shape index (κ2) is 8.92. The third kappa shape index (κ3) is 3.46. The Kier molecular flexibility index (Phi) is 5.92. The van der Waals surface area contributed by atoms with E-state index in [1.165, 1.54) is 44.5 Å². The molecule has 5 rings (SSSR count). The topological polar surface area (TPSA) is 40.5 Å². The Bertz CT molecular complexity index is 1280. The average Bonchev–Trinajstić information content (AvgIpc) is 3.19. The first-order valence-corrected chi connectivity index (χ1v) is 12.8. The van der Waals surface area contributed by atoms with Crippen molar-refractivity contribution in [3.8, 4) is 22.6 Å². The SMILES string of the molecule is CCC(C)c1cc(O)ccc1C1(c2ccc(O)cc2C(C)CC)c2ccccc2-c2ccccc21. The second-order valence-corrected chi connectivity index (χ2v) is 10.0. The molecule has 2 N–H and O–H groups in total. The fraction of sp³-hybridized carbons (Fsp3) is 0.273. The average molecular weight is 463 g/mol. The van der Waals surface area contributed by atoms with Crippen LogP contribution in [0.25, 0.3) is 11.1 Å². The molecule has 0 bridgehead atoms. The van der Waals surface area contributed by atoms with Crippen LogP contribution in [0.5, 0.6) is 11.5 Å². The van der Waals surface area contributed by atoms with Gasteiger partial charge in [0, 0.05) is 0 Å². The van der Waals surface area contributed by atoms with Gasteiger partial charge >= 0.3 is 0 Å². The Morgan fingerprint density at radius 3 is 1.37 bits per heavy atom. The Morgan fingerprint density at radius 2 is 0.971 bits per heavy atom. The lowest BCUT2D eigenvalue weighted by Gasteiger charge is -2.38. The van der Waals surface area contributed by atoms with E-state index in [9.17, 15) is 10.2 Å². The standard InChI is InChI=1S/C33H34O2/c1-5-21(3)27-19-23(34)15-17-31(27)33(32-18-16-24(35)20-28(32)22(4)6-2)29-13-9-7-11-25(29)26-12-8-10-14-30(26)33/h7-22,34-35H,5-6H2,1-4H3. The Labute approximate surface area is 208 Å². The molecule has 0 amide bonds. The molecule has 0 fully saturated rings. The van der Waals surface area contributed by atoms with Crippen LogP contribution in [0.4, 0.5) is 0 Å². The van der Waals surface area contributed by atoms with Crippen molar-refractivity contribution in [3.05, 3.63) is 118 Å². The molecule has 0 aromatic heterocycles. The number of aromatic hydroxyl groups is 2. The van der Waals surface area contributed by atoms with Gasteiger partial charge in [-0.05, 0) is 93.5 Å². The molecule has 2 heteroatoms. The van der Waals surface area contributed by atoms with Crippen molar-refractivity contribution < 1.29 is 10.2 Å². The molecule has 0 heterocycles. The van der Waals surface area contributed by atoms with Crippen LogP contribution in [0.15, 0.2) is 84.9 Å². The number of benzene rings is 4. The van der Waals surface area contributed by atoms with E-state index in [1.807, 2.05) is 24.3 Å². The van der Waals surface area contributed by atoms with Gasteiger partial charge in [0.1, 0.15) is 11.5 Å². The van der Waals surface area contributed by atoms with E-state index in [2.05, 4.69) is 88.4 Å². The van der Waals surface area contributed by atoms with E-state index in [4.69, 9.17) is 0 Å². The zero-order valence-corrected chi connectivity index (χ0v) is 21.0. The number of phenolic OH excluding ortho intramolecular Hbond substituents is 2. The van der Waals surface area contributed by atoms with Crippen LogP contribution in [-0.2, 0) is 5.41 Å². The predicted octanol–water partition coefficient (Wildman–Crippen LogP) is 8.49. The van der Waals surface area contributed by atoms with E-state index in [-0.39, 0.29) is 11.8 Å². The third-order valence-corrected chi connectivity index (χ3v) is 8.12. The summed E-state index contributed by atoms with van der Waals surface area (Å²) in [6.07, 6.45) is 1.95. The number of phenols is 2. The summed E-state index contributed by atoms with van der Waals surface area (Å²) < 4.78 is 0. The summed E-state index contributed by atoms with van der Waals surface area (Å²) in [4.78, 5) is 0. The van der Waals surface area contributed by atoms with Crippen molar-refractivity contribution in [1.82, 2.24) is 0 Å². The Hall–Kier alpha value is -3.52. The van der Waals surface area contributed by atoms with Crippen LogP contribution in [-0.4, -0.2) is 10.2 Å². The lowest BCUT2D eigenvalue weighted by Crippen LogP contribution is -2.32. The molecule has 2 nitrogen and oxygen atoms in total. The smallest absolute Gasteiger partial charge is 0.115 e. The summed E-state index contributed by atoms with van der Waals surface area (Å²) in [7, 11) is 0. The van der Waals surface area contributed by atoms with Crippen LogP contribution in [0.2, 0.25) is 0 Å². The fourth-order valence-corrected chi connectivity index (χ4v) is 6.00. The van der Waals surface area contributed by atoms with E-state index in [0.29, 0.717) is 11.5 Å². The summed E-state index contributed by atoms with van der Waals surface area (Å²) >= 11 is 0. The van der Waals surface area contributed by atoms with Gasteiger partial charge in [0.05, 0.1) is 5.41 Å². The third-order valence-electron chi connectivity index (χ3n) is 8.12. The lowest BCUT2D eigenvalue weighted by molar-refractivity contribution is 0.472.